The lowest BCUT2D eigenvalue weighted by molar-refractivity contribution is 0.144. The second kappa shape index (κ2) is 8.14. The lowest BCUT2D eigenvalue weighted by Gasteiger charge is -2.31. The molecule has 1 amide bonds. The van der Waals surface area contributed by atoms with E-state index < -0.39 is 11.6 Å². The minimum absolute atomic E-state index is 0.234. The molecule has 28 heavy (non-hydrogen) atoms. The van der Waals surface area contributed by atoms with Crippen LogP contribution in [0.25, 0.3) is 21.3 Å². The molecular weight excluding hydrogens is 374 g/mol. The van der Waals surface area contributed by atoms with E-state index in [1.165, 1.54) is 0 Å². The molecule has 0 aliphatic rings. The van der Waals surface area contributed by atoms with E-state index >= 15 is 0 Å². The van der Waals surface area contributed by atoms with Gasteiger partial charge in [0.25, 0.3) is 0 Å². The summed E-state index contributed by atoms with van der Waals surface area (Å²) >= 11 is 1.56. The number of amides is 1. The normalized spacial score (nSPS) is 13.5. The Kier molecular flexibility index (Phi) is 5.84. The Morgan fingerprint density at radius 3 is 2.79 bits per heavy atom. The minimum Gasteiger partial charge on any atom is -0.489 e. The van der Waals surface area contributed by atoms with Gasteiger partial charge < -0.3 is 15.2 Å². The number of hydrogen-bond acceptors (Lipinski definition) is 5. The number of carboxylic acid groups (broad SMARTS) is 1. The van der Waals surface area contributed by atoms with Crippen LogP contribution in [0.3, 0.4) is 0 Å². The third-order valence-electron chi connectivity index (χ3n) is 4.47. The smallest absolute Gasteiger partial charge is 0.405 e. The Balaban J connectivity index is 1.89. The van der Waals surface area contributed by atoms with Crippen molar-refractivity contribution in [1.82, 2.24) is 15.3 Å². The minimum atomic E-state index is -1.05. The van der Waals surface area contributed by atoms with Gasteiger partial charge in [0.2, 0.25) is 0 Å². The maximum absolute atomic E-state index is 11.2. The quantitative estimate of drug-likeness (QED) is 0.576. The number of carbonyl (C=O) groups is 1. The van der Waals surface area contributed by atoms with Crippen LogP contribution in [0, 0.1) is 12.8 Å². The van der Waals surface area contributed by atoms with E-state index in [9.17, 15) is 9.90 Å². The summed E-state index contributed by atoms with van der Waals surface area (Å²) in [6, 6.07) is 7.96. The second-order valence-electron chi connectivity index (χ2n) is 7.70. The number of ether oxygens (including phenoxy) is 1. The fraction of sp³-hybridized carbons (Fsp3) is 0.381. The molecule has 148 valence electrons. The molecule has 3 rings (SSSR count). The molecule has 7 heteroatoms. The van der Waals surface area contributed by atoms with Crippen LogP contribution in [0.5, 0.6) is 5.75 Å². The van der Waals surface area contributed by atoms with Crippen molar-refractivity contribution in [3.05, 3.63) is 41.7 Å². The van der Waals surface area contributed by atoms with Gasteiger partial charge in [-0.15, -0.1) is 11.3 Å². The molecule has 2 aromatic heterocycles. The first-order chi connectivity index (χ1) is 13.3. The maximum atomic E-state index is 11.2. The zero-order valence-electron chi connectivity index (χ0n) is 16.5. The first-order valence-electron chi connectivity index (χ1n) is 9.20. The van der Waals surface area contributed by atoms with Gasteiger partial charge in [-0.2, -0.15) is 0 Å². The van der Waals surface area contributed by atoms with Crippen molar-refractivity contribution in [2.24, 2.45) is 5.92 Å². The van der Waals surface area contributed by atoms with Crippen molar-refractivity contribution < 1.29 is 14.6 Å². The fourth-order valence-corrected chi connectivity index (χ4v) is 4.37. The lowest BCUT2D eigenvalue weighted by Crippen LogP contribution is -2.50. The zero-order valence-corrected chi connectivity index (χ0v) is 17.3. The number of benzene rings is 1. The molecule has 1 unspecified atom stereocenters. The average molecular weight is 400 g/mol. The van der Waals surface area contributed by atoms with Crippen molar-refractivity contribution >= 4 is 27.6 Å². The number of nitrogens with one attached hydrogen (secondary N) is 1. The zero-order chi connectivity index (χ0) is 20.3. The summed E-state index contributed by atoms with van der Waals surface area (Å²) in [4.78, 5) is 20.0. The number of fused-ring (bicyclic) bond motifs is 1. The summed E-state index contributed by atoms with van der Waals surface area (Å²) in [5.74, 6) is 0.991. The molecule has 0 saturated heterocycles. The van der Waals surface area contributed by atoms with Crippen LogP contribution >= 0.6 is 11.3 Å². The SMILES string of the molecule is Cc1cc(-c2ccc(OCC(C)(CC(C)C)NC(=O)O)c3ncsc23)ccn1. The molecule has 0 aliphatic carbocycles. The summed E-state index contributed by atoms with van der Waals surface area (Å²) in [5.41, 5.74) is 5.05. The second-order valence-corrected chi connectivity index (χ2v) is 8.56. The van der Waals surface area contributed by atoms with E-state index in [-0.39, 0.29) is 6.61 Å². The van der Waals surface area contributed by atoms with Gasteiger partial charge in [-0.05, 0) is 56.0 Å². The number of nitrogens with zero attached hydrogens (tertiary/aromatic N) is 2. The van der Waals surface area contributed by atoms with E-state index in [0.29, 0.717) is 18.1 Å². The van der Waals surface area contributed by atoms with Gasteiger partial charge in [0.15, 0.2) is 0 Å². The van der Waals surface area contributed by atoms with Crippen molar-refractivity contribution in [3.63, 3.8) is 0 Å². The van der Waals surface area contributed by atoms with Gasteiger partial charge in [-0.25, -0.2) is 9.78 Å². The maximum Gasteiger partial charge on any atom is 0.405 e. The van der Waals surface area contributed by atoms with Crippen molar-refractivity contribution in [2.75, 3.05) is 6.61 Å². The van der Waals surface area contributed by atoms with E-state index in [4.69, 9.17) is 4.74 Å². The highest BCUT2D eigenvalue weighted by molar-refractivity contribution is 7.17. The summed E-state index contributed by atoms with van der Waals surface area (Å²) in [5, 5.41) is 11.8. The van der Waals surface area contributed by atoms with Gasteiger partial charge in [-0.1, -0.05) is 13.8 Å². The standard InChI is InChI=1S/C21H25N3O3S/c1-13(2)10-21(4,24-20(25)26)11-27-17-6-5-16(19-18(17)23-12-28-19)15-7-8-22-14(3)9-15/h5-9,12-13,24H,10-11H2,1-4H3,(H,25,26). The number of aromatic nitrogens is 2. The van der Waals surface area contributed by atoms with Gasteiger partial charge >= 0.3 is 6.09 Å². The van der Waals surface area contributed by atoms with E-state index in [2.05, 4.69) is 29.1 Å². The molecule has 0 spiro atoms. The Bertz CT molecular complexity index is 986. The molecule has 2 N–H and O–H groups in total. The molecule has 3 aromatic rings. The topological polar surface area (TPSA) is 84.3 Å². The van der Waals surface area contributed by atoms with Gasteiger partial charge in [0.05, 0.1) is 15.7 Å². The average Bonchev–Trinajstić information content (AvgIpc) is 3.08. The Morgan fingerprint density at radius 1 is 1.32 bits per heavy atom. The molecule has 2 heterocycles. The molecule has 0 saturated carbocycles. The summed E-state index contributed by atoms with van der Waals surface area (Å²) in [6.45, 7) is 8.19. The van der Waals surface area contributed by atoms with E-state index in [0.717, 1.165) is 27.0 Å². The highest BCUT2D eigenvalue weighted by atomic mass is 32.1. The molecule has 6 nitrogen and oxygen atoms in total. The Labute approximate surface area is 168 Å². The van der Waals surface area contributed by atoms with Crippen LogP contribution in [0.1, 0.15) is 32.9 Å². The van der Waals surface area contributed by atoms with Crippen LogP contribution in [0.4, 0.5) is 4.79 Å². The molecular formula is C21H25N3O3S. The Morgan fingerprint density at radius 2 is 2.11 bits per heavy atom. The molecule has 0 fully saturated rings. The van der Waals surface area contributed by atoms with Crippen LogP contribution in [-0.4, -0.2) is 33.3 Å². The van der Waals surface area contributed by atoms with Crippen molar-refractivity contribution in [2.45, 2.75) is 39.7 Å². The first kappa shape index (κ1) is 20.1. The van der Waals surface area contributed by atoms with E-state index in [1.54, 1.807) is 23.0 Å². The van der Waals surface area contributed by atoms with Crippen LogP contribution in [0.2, 0.25) is 0 Å². The number of aryl methyl sites for hydroxylation is 1. The van der Waals surface area contributed by atoms with Crippen molar-refractivity contribution in [1.29, 1.82) is 0 Å². The number of hydrogen-bond donors (Lipinski definition) is 2. The van der Waals surface area contributed by atoms with E-state index in [1.807, 2.05) is 38.1 Å². The molecule has 1 atom stereocenters. The van der Waals surface area contributed by atoms with Gasteiger partial charge in [-0.3, -0.25) is 4.98 Å². The number of pyridine rings is 1. The monoisotopic (exact) mass is 399 g/mol. The molecule has 1 aromatic carbocycles. The largest absolute Gasteiger partial charge is 0.489 e. The van der Waals surface area contributed by atoms with Crippen LogP contribution in [-0.2, 0) is 0 Å². The third kappa shape index (κ3) is 4.59. The highest BCUT2D eigenvalue weighted by Gasteiger charge is 2.29. The fourth-order valence-electron chi connectivity index (χ4n) is 3.53. The first-order valence-corrected chi connectivity index (χ1v) is 10.1. The summed E-state index contributed by atoms with van der Waals surface area (Å²) in [6.07, 6.45) is 1.43. The van der Waals surface area contributed by atoms with Crippen molar-refractivity contribution in [3.8, 4) is 16.9 Å². The van der Waals surface area contributed by atoms with Crippen LogP contribution in [0.15, 0.2) is 36.0 Å². The number of thiazole rings is 1. The van der Waals surface area contributed by atoms with Gasteiger partial charge in [0.1, 0.15) is 17.9 Å². The molecule has 0 radical (unpaired) electrons. The molecule has 0 bridgehead atoms. The summed E-state index contributed by atoms with van der Waals surface area (Å²) < 4.78 is 7.11. The molecule has 0 aliphatic heterocycles. The number of rotatable bonds is 7. The third-order valence-corrected chi connectivity index (χ3v) is 5.33. The Hall–Kier alpha value is -2.67. The van der Waals surface area contributed by atoms with Crippen LogP contribution < -0.4 is 10.1 Å². The highest BCUT2D eigenvalue weighted by Crippen LogP contribution is 2.36. The predicted molar refractivity (Wildman–Crippen MR) is 112 cm³/mol. The summed E-state index contributed by atoms with van der Waals surface area (Å²) in [7, 11) is 0. The lowest BCUT2D eigenvalue weighted by atomic mass is 9.91. The van der Waals surface area contributed by atoms with Gasteiger partial charge in [0, 0.05) is 17.5 Å². The predicted octanol–water partition coefficient (Wildman–Crippen LogP) is 5.12.